The van der Waals surface area contributed by atoms with Crippen LogP contribution < -0.4 is 0 Å². The number of allylic oxidation sites excluding steroid dienone is 4. The SMILES string of the molecule is CN1C(=O)C(C)(C)C2(F)CC=CC=C12. The predicted octanol–water partition coefficient (Wildman–Crippen LogP) is 2.04. The zero-order valence-electron chi connectivity index (χ0n) is 8.67. The molecule has 0 N–H and O–H groups in total. The second kappa shape index (κ2) is 2.47. The second-order valence-electron chi connectivity index (χ2n) is 4.47. The van der Waals surface area contributed by atoms with Gasteiger partial charge in [0.1, 0.15) is 0 Å². The Morgan fingerprint density at radius 3 is 2.71 bits per heavy atom. The van der Waals surface area contributed by atoms with Crippen LogP contribution in [0.4, 0.5) is 4.39 Å². The van der Waals surface area contributed by atoms with E-state index in [2.05, 4.69) is 0 Å². The van der Waals surface area contributed by atoms with E-state index < -0.39 is 11.1 Å². The van der Waals surface area contributed by atoms with Crippen molar-refractivity contribution in [2.75, 3.05) is 7.05 Å². The third-order valence-electron chi connectivity index (χ3n) is 3.39. The van der Waals surface area contributed by atoms with Gasteiger partial charge in [-0.25, -0.2) is 4.39 Å². The minimum Gasteiger partial charge on any atom is -0.315 e. The van der Waals surface area contributed by atoms with E-state index in [0.29, 0.717) is 12.1 Å². The highest BCUT2D eigenvalue weighted by molar-refractivity contribution is 5.90. The molecule has 0 spiro atoms. The fourth-order valence-corrected chi connectivity index (χ4v) is 2.28. The second-order valence-corrected chi connectivity index (χ2v) is 4.47. The zero-order chi connectivity index (χ0) is 10.6. The summed E-state index contributed by atoms with van der Waals surface area (Å²) >= 11 is 0. The standard InChI is InChI=1S/C11H14FNO/c1-10(2)9(14)13(3)8-6-4-5-7-11(8,10)12/h4-6H,7H2,1-3H3. The average molecular weight is 195 g/mol. The van der Waals surface area contributed by atoms with Gasteiger partial charge in [0.2, 0.25) is 5.91 Å². The van der Waals surface area contributed by atoms with Gasteiger partial charge in [-0.05, 0) is 19.9 Å². The Morgan fingerprint density at radius 1 is 1.50 bits per heavy atom. The summed E-state index contributed by atoms with van der Waals surface area (Å²) in [6.07, 6.45) is 5.56. The monoisotopic (exact) mass is 195 g/mol. The molecular weight excluding hydrogens is 181 g/mol. The topological polar surface area (TPSA) is 20.3 Å². The van der Waals surface area contributed by atoms with Crippen LogP contribution in [0.25, 0.3) is 0 Å². The van der Waals surface area contributed by atoms with Gasteiger partial charge in [0.15, 0.2) is 5.67 Å². The van der Waals surface area contributed by atoms with Gasteiger partial charge in [-0.3, -0.25) is 4.79 Å². The number of likely N-dealkylation sites (tertiary alicyclic amines) is 1. The van der Waals surface area contributed by atoms with Crippen LogP contribution in [-0.2, 0) is 4.79 Å². The first-order valence-electron chi connectivity index (χ1n) is 4.75. The fourth-order valence-electron chi connectivity index (χ4n) is 2.28. The number of halogens is 1. The Balaban J connectivity index is 2.59. The van der Waals surface area contributed by atoms with Crippen LogP contribution in [0, 0.1) is 5.41 Å². The van der Waals surface area contributed by atoms with Gasteiger partial charge in [-0.15, -0.1) is 0 Å². The van der Waals surface area contributed by atoms with Crippen molar-refractivity contribution in [2.24, 2.45) is 5.41 Å². The molecule has 3 heteroatoms. The normalized spacial score (nSPS) is 34.4. The average Bonchev–Trinajstić information content (AvgIpc) is 2.27. The first kappa shape index (κ1) is 9.44. The highest BCUT2D eigenvalue weighted by Gasteiger charge is 2.61. The van der Waals surface area contributed by atoms with Crippen molar-refractivity contribution in [3.63, 3.8) is 0 Å². The molecule has 76 valence electrons. The number of amides is 1. The molecule has 14 heavy (non-hydrogen) atoms. The molecule has 0 radical (unpaired) electrons. The molecule has 1 unspecified atom stereocenters. The van der Waals surface area contributed by atoms with Crippen molar-refractivity contribution in [1.29, 1.82) is 0 Å². The van der Waals surface area contributed by atoms with Gasteiger partial charge in [0.25, 0.3) is 0 Å². The van der Waals surface area contributed by atoms with E-state index >= 15 is 0 Å². The Kier molecular flexibility index (Phi) is 1.66. The maximum Gasteiger partial charge on any atom is 0.235 e. The van der Waals surface area contributed by atoms with Crippen molar-refractivity contribution in [1.82, 2.24) is 4.90 Å². The van der Waals surface area contributed by atoms with Gasteiger partial charge < -0.3 is 4.90 Å². The molecule has 0 bridgehead atoms. The molecule has 0 saturated carbocycles. The largest absolute Gasteiger partial charge is 0.315 e. The lowest BCUT2D eigenvalue weighted by Gasteiger charge is -2.31. The van der Waals surface area contributed by atoms with Crippen molar-refractivity contribution in [3.05, 3.63) is 23.9 Å². The lowest BCUT2D eigenvalue weighted by molar-refractivity contribution is -0.135. The number of fused-ring (bicyclic) bond motifs is 1. The number of hydrogen-bond donors (Lipinski definition) is 0. The molecular formula is C11H14FNO. The molecule has 1 aliphatic carbocycles. The molecule has 2 aliphatic rings. The van der Waals surface area contributed by atoms with E-state index in [1.807, 2.05) is 0 Å². The summed E-state index contributed by atoms with van der Waals surface area (Å²) < 4.78 is 14.7. The third kappa shape index (κ3) is 0.825. The van der Waals surface area contributed by atoms with Crippen molar-refractivity contribution >= 4 is 5.91 Å². The van der Waals surface area contributed by atoms with Gasteiger partial charge >= 0.3 is 0 Å². The number of carbonyl (C=O) groups is 1. The van der Waals surface area contributed by atoms with Crippen molar-refractivity contribution in [3.8, 4) is 0 Å². The van der Waals surface area contributed by atoms with E-state index in [4.69, 9.17) is 0 Å². The molecule has 1 heterocycles. The van der Waals surface area contributed by atoms with Crippen LogP contribution in [0.1, 0.15) is 20.3 Å². The number of carbonyl (C=O) groups excluding carboxylic acids is 1. The summed E-state index contributed by atoms with van der Waals surface area (Å²) in [5.41, 5.74) is -1.97. The molecule has 2 rings (SSSR count). The third-order valence-corrected chi connectivity index (χ3v) is 3.39. The molecule has 0 aromatic rings. The van der Waals surface area contributed by atoms with E-state index in [1.165, 1.54) is 4.90 Å². The Hall–Kier alpha value is -1.12. The van der Waals surface area contributed by atoms with Crippen LogP contribution in [0.2, 0.25) is 0 Å². The summed E-state index contributed by atoms with van der Waals surface area (Å²) in [7, 11) is 1.64. The summed E-state index contributed by atoms with van der Waals surface area (Å²) in [6.45, 7) is 3.34. The minimum absolute atomic E-state index is 0.144. The quantitative estimate of drug-likeness (QED) is 0.579. The first-order chi connectivity index (χ1) is 6.41. The van der Waals surface area contributed by atoms with Gasteiger partial charge in [0.05, 0.1) is 11.1 Å². The van der Waals surface area contributed by atoms with E-state index in [0.717, 1.165) is 0 Å². The minimum atomic E-state index is -1.52. The summed E-state index contributed by atoms with van der Waals surface area (Å²) in [5, 5.41) is 0. The summed E-state index contributed by atoms with van der Waals surface area (Å²) in [5.74, 6) is -0.144. The fraction of sp³-hybridized carbons (Fsp3) is 0.545. The lowest BCUT2D eigenvalue weighted by Crippen LogP contribution is -2.40. The Bertz CT molecular complexity index is 356. The maximum absolute atomic E-state index is 14.7. The smallest absolute Gasteiger partial charge is 0.235 e. The zero-order valence-corrected chi connectivity index (χ0v) is 8.67. The molecule has 0 aromatic heterocycles. The molecule has 0 aromatic carbocycles. The van der Waals surface area contributed by atoms with Crippen LogP contribution in [0.3, 0.4) is 0 Å². The highest BCUT2D eigenvalue weighted by Crippen LogP contribution is 2.52. The van der Waals surface area contributed by atoms with Gasteiger partial charge in [-0.1, -0.05) is 12.2 Å². The molecule has 1 atom stereocenters. The van der Waals surface area contributed by atoms with Crippen molar-refractivity contribution < 1.29 is 9.18 Å². The highest BCUT2D eigenvalue weighted by atomic mass is 19.1. The predicted molar refractivity (Wildman–Crippen MR) is 52.2 cm³/mol. The van der Waals surface area contributed by atoms with Crippen molar-refractivity contribution in [2.45, 2.75) is 25.9 Å². The number of hydrogen-bond acceptors (Lipinski definition) is 1. The van der Waals surface area contributed by atoms with Crippen LogP contribution in [0.15, 0.2) is 23.9 Å². The Morgan fingerprint density at radius 2 is 2.14 bits per heavy atom. The number of nitrogens with zero attached hydrogens (tertiary/aromatic N) is 1. The van der Waals surface area contributed by atoms with Gasteiger partial charge in [-0.2, -0.15) is 0 Å². The molecule has 1 saturated heterocycles. The van der Waals surface area contributed by atoms with Crippen LogP contribution in [0.5, 0.6) is 0 Å². The molecule has 2 nitrogen and oxygen atoms in total. The van der Waals surface area contributed by atoms with Gasteiger partial charge in [0, 0.05) is 13.5 Å². The van der Waals surface area contributed by atoms with Crippen LogP contribution in [-0.4, -0.2) is 23.5 Å². The summed E-state index contributed by atoms with van der Waals surface area (Å²) in [6, 6.07) is 0. The molecule has 1 fully saturated rings. The summed E-state index contributed by atoms with van der Waals surface area (Å²) in [4.78, 5) is 13.2. The van der Waals surface area contributed by atoms with E-state index in [1.54, 1.807) is 39.1 Å². The molecule has 1 amide bonds. The first-order valence-corrected chi connectivity index (χ1v) is 4.75. The van der Waals surface area contributed by atoms with E-state index in [-0.39, 0.29) is 5.91 Å². The van der Waals surface area contributed by atoms with E-state index in [9.17, 15) is 9.18 Å². The lowest BCUT2D eigenvalue weighted by atomic mass is 9.74. The Labute approximate surface area is 83.1 Å². The maximum atomic E-state index is 14.7. The number of rotatable bonds is 0. The van der Waals surface area contributed by atoms with Crippen LogP contribution >= 0.6 is 0 Å². The molecule has 1 aliphatic heterocycles. The number of alkyl halides is 1.